The van der Waals surface area contributed by atoms with E-state index >= 15 is 0 Å². The topological polar surface area (TPSA) is 0 Å². The molecule has 0 nitrogen and oxygen atoms in total. The van der Waals surface area contributed by atoms with Crippen LogP contribution >= 0.6 is 0 Å². The Kier molecular flexibility index (Phi) is 10.4. The quantitative estimate of drug-likeness (QED) is 0.473. The highest BCUT2D eigenvalue weighted by Gasteiger charge is 1.83. The van der Waals surface area contributed by atoms with Crippen molar-refractivity contribution in [3.05, 3.63) is 114 Å². The lowest BCUT2D eigenvalue weighted by Gasteiger charge is -1.93. The largest absolute Gasteiger partial charge is 0.0842 e. The molecule has 3 rings (SSSR count). The number of benzene rings is 3. The molecule has 0 aliphatic carbocycles. The zero-order chi connectivity index (χ0) is 17.5. The number of aryl methyl sites for hydroxylation is 2. The monoisotopic (exact) mass is 316 g/mol. The van der Waals surface area contributed by atoms with E-state index in [0.717, 1.165) is 6.42 Å². The van der Waals surface area contributed by atoms with Gasteiger partial charge in [-0.1, -0.05) is 110 Å². The molecule has 0 aliphatic rings. The third kappa shape index (κ3) is 9.42. The summed E-state index contributed by atoms with van der Waals surface area (Å²) in [5.41, 5.74) is 4.02. The molecular weight excluding hydrogens is 288 g/mol. The smallest absolute Gasteiger partial charge is 0.0260 e. The Labute approximate surface area is 147 Å². The molecule has 0 saturated carbocycles. The van der Waals surface area contributed by atoms with Gasteiger partial charge in [-0.15, -0.1) is 0 Å². The number of rotatable bonds is 2. The fourth-order valence-corrected chi connectivity index (χ4v) is 1.87. The minimum Gasteiger partial charge on any atom is -0.0842 e. The molecule has 3 aromatic carbocycles. The fraction of sp³-hybridized carbons (Fsp3) is 0.167. The van der Waals surface area contributed by atoms with E-state index in [1.54, 1.807) is 0 Å². The second-order valence-corrected chi connectivity index (χ2v) is 5.46. The van der Waals surface area contributed by atoms with Gasteiger partial charge in [0.25, 0.3) is 0 Å². The van der Waals surface area contributed by atoms with Crippen LogP contribution in [0.5, 0.6) is 0 Å². The average Bonchev–Trinajstić information content (AvgIpc) is 2.66. The molecule has 0 amide bonds. The summed E-state index contributed by atoms with van der Waals surface area (Å²) in [7, 11) is 0. The normalized spacial score (nSPS) is 9.46. The standard InChI is InChI=1S/C10H12.C8H10.C6H6/c1-2-3-7-10-8-5-4-6-9-10;1-7-5-3-4-6-8(7)2;1-2-4-6-5-3-1/h3-9H,2H2,1H3;3-6H,1-2H3;1-6H. The van der Waals surface area contributed by atoms with Crippen LogP contribution in [0.3, 0.4) is 0 Å². The van der Waals surface area contributed by atoms with Crippen molar-refractivity contribution in [3.63, 3.8) is 0 Å². The zero-order valence-electron chi connectivity index (χ0n) is 15.0. The second kappa shape index (κ2) is 12.9. The van der Waals surface area contributed by atoms with Crippen LogP contribution in [0, 0.1) is 13.8 Å². The minimum absolute atomic E-state index is 1.11. The first-order valence-corrected chi connectivity index (χ1v) is 8.48. The van der Waals surface area contributed by atoms with Gasteiger partial charge in [-0.05, 0) is 37.0 Å². The summed E-state index contributed by atoms with van der Waals surface area (Å²) in [5.74, 6) is 0. The third-order valence-electron chi connectivity index (χ3n) is 3.44. The minimum atomic E-state index is 1.11. The molecule has 0 fully saturated rings. The SMILES string of the molecule is CCC=Cc1ccccc1.Cc1ccccc1C.c1ccccc1. The van der Waals surface area contributed by atoms with Crippen molar-refractivity contribution in [2.45, 2.75) is 27.2 Å². The first-order valence-electron chi connectivity index (χ1n) is 8.48. The van der Waals surface area contributed by atoms with Gasteiger partial charge in [0.2, 0.25) is 0 Å². The Bertz CT molecular complexity index is 619. The maximum absolute atomic E-state index is 2.16. The van der Waals surface area contributed by atoms with Crippen LogP contribution in [0.2, 0.25) is 0 Å². The van der Waals surface area contributed by atoms with Crippen LogP contribution in [0.25, 0.3) is 6.08 Å². The van der Waals surface area contributed by atoms with Gasteiger partial charge in [0, 0.05) is 0 Å². The van der Waals surface area contributed by atoms with Crippen LogP contribution in [-0.4, -0.2) is 0 Å². The Morgan fingerprint density at radius 1 is 0.583 bits per heavy atom. The van der Waals surface area contributed by atoms with Gasteiger partial charge in [-0.25, -0.2) is 0 Å². The summed E-state index contributed by atoms with van der Waals surface area (Å²) in [4.78, 5) is 0. The van der Waals surface area contributed by atoms with Crippen LogP contribution < -0.4 is 0 Å². The first kappa shape index (κ1) is 19.4. The van der Waals surface area contributed by atoms with Crippen molar-refractivity contribution in [2.75, 3.05) is 0 Å². The van der Waals surface area contributed by atoms with Gasteiger partial charge >= 0.3 is 0 Å². The zero-order valence-corrected chi connectivity index (χ0v) is 15.0. The van der Waals surface area contributed by atoms with E-state index in [1.165, 1.54) is 16.7 Å². The molecule has 0 heterocycles. The van der Waals surface area contributed by atoms with Crippen LogP contribution in [0.15, 0.2) is 97.1 Å². The Morgan fingerprint density at radius 2 is 0.958 bits per heavy atom. The Balaban J connectivity index is 0.000000186. The molecular formula is C24H28. The molecule has 0 heteroatoms. The molecule has 0 saturated heterocycles. The van der Waals surface area contributed by atoms with Crippen molar-refractivity contribution < 1.29 is 0 Å². The second-order valence-electron chi connectivity index (χ2n) is 5.46. The van der Waals surface area contributed by atoms with E-state index in [9.17, 15) is 0 Å². The number of hydrogen-bond donors (Lipinski definition) is 0. The van der Waals surface area contributed by atoms with E-state index in [1.807, 2.05) is 42.5 Å². The first-order chi connectivity index (χ1) is 11.7. The van der Waals surface area contributed by atoms with Crippen molar-refractivity contribution in [1.82, 2.24) is 0 Å². The molecule has 3 aromatic rings. The predicted octanol–water partition coefficient (Wildman–Crippen LogP) is 7.10. The summed E-state index contributed by atoms with van der Waals surface area (Å²) < 4.78 is 0. The molecule has 0 radical (unpaired) electrons. The maximum atomic E-state index is 2.16. The summed E-state index contributed by atoms with van der Waals surface area (Å²) in [5, 5.41) is 0. The molecule has 0 bridgehead atoms. The number of allylic oxidation sites excluding steroid dienone is 1. The maximum Gasteiger partial charge on any atom is -0.0260 e. The summed E-state index contributed by atoms with van der Waals surface area (Å²) in [6, 6.07) is 30.7. The Morgan fingerprint density at radius 3 is 1.33 bits per heavy atom. The van der Waals surface area contributed by atoms with Gasteiger partial charge in [-0.3, -0.25) is 0 Å². The lowest BCUT2D eigenvalue weighted by Crippen LogP contribution is -1.74. The Hall–Kier alpha value is -2.60. The van der Waals surface area contributed by atoms with Gasteiger partial charge in [0.15, 0.2) is 0 Å². The van der Waals surface area contributed by atoms with E-state index in [0.29, 0.717) is 0 Å². The van der Waals surface area contributed by atoms with Crippen molar-refractivity contribution in [1.29, 1.82) is 0 Å². The third-order valence-corrected chi connectivity index (χ3v) is 3.44. The summed E-state index contributed by atoms with van der Waals surface area (Å²) in [6.07, 6.45) is 5.41. The van der Waals surface area contributed by atoms with Crippen LogP contribution in [0.4, 0.5) is 0 Å². The van der Waals surface area contributed by atoms with Crippen LogP contribution in [0.1, 0.15) is 30.0 Å². The van der Waals surface area contributed by atoms with Crippen molar-refractivity contribution in [2.24, 2.45) is 0 Å². The average molecular weight is 316 g/mol. The molecule has 0 aromatic heterocycles. The van der Waals surface area contributed by atoms with E-state index in [2.05, 4.69) is 81.5 Å². The highest BCUT2D eigenvalue weighted by Crippen LogP contribution is 2.02. The van der Waals surface area contributed by atoms with Crippen molar-refractivity contribution in [3.8, 4) is 0 Å². The van der Waals surface area contributed by atoms with Gasteiger partial charge in [-0.2, -0.15) is 0 Å². The molecule has 0 N–H and O–H groups in total. The summed E-state index contributed by atoms with van der Waals surface area (Å²) >= 11 is 0. The lowest BCUT2D eigenvalue weighted by molar-refractivity contribution is 1.23. The van der Waals surface area contributed by atoms with Gasteiger partial charge in [0.1, 0.15) is 0 Å². The fourth-order valence-electron chi connectivity index (χ4n) is 1.87. The molecule has 0 unspecified atom stereocenters. The lowest BCUT2D eigenvalue weighted by atomic mass is 10.1. The van der Waals surface area contributed by atoms with Crippen molar-refractivity contribution >= 4 is 6.08 Å². The van der Waals surface area contributed by atoms with Gasteiger partial charge < -0.3 is 0 Å². The van der Waals surface area contributed by atoms with Gasteiger partial charge in [0.05, 0.1) is 0 Å². The predicted molar refractivity (Wildman–Crippen MR) is 108 cm³/mol. The van der Waals surface area contributed by atoms with E-state index < -0.39 is 0 Å². The molecule has 0 spiro atoms. The number of hydrogen-bond acceptors (Lipinski definition) is 0. The summed E-state index contributed by atoms with van der Waals surface area (Å²) in [6.45, 7) is 6.38. The molecule has 0 aliphatic heterocycles. The highest BCUT2D eigenvalue weighted by molar-refractivity contribution is 5.48. The molecule has 124 valence electrons. The van der Waals surface area contributed by atoms with Crippen LogP contribution in [-0.2, 0) is 0 Å². The van der Waals surface area contributed by atoms with E-state index in [-0.39, 0.29) is 0 Å². The van der Waals surface area contributed by atoms with E-state index in [4.69, 9.17) is 0 Å². The highest BCUT2D eigenvalue weighted by atomic mass is 13.9. The molecule has 0 atom stereocenters. The molecule has 24 heavy (non-hydrogen) atoms.